The van der Waals surface area contributed by atoms with Gasteiger partial charge in [0.15, 0.2) is 0 Å². The Morgan fingerprint density at radius 3 is 3.04 bits per heavy atom. The first-order valence-corrected chi connectivity index (χ1v) is 9.89. The summed E-state index contributed by atoms with van der Waals surface area (Å²) in [5, 5.41) is 5.51. The molecule has 7 heteroatoms. The topological polar surface area (TPSA) is 50.8 Å². The molecule has 1 aromatic heterocycles. The first-order valence-electron chi connectivity index (χ1n) is 8.64. The molecule has 1 aromatic carbocycles. The zero-order valence-corrected chi connectivity index (χ0v) is 16.3. The van der Waals surface area contributed by atoms with E-state index in [4.69, 9.17) is 21.1 Å². The van der Waals surface area contributed by atoms with Crippen LogP contribution >= 0.6 is 22.9 Å². The minimum atomic E-state index is -0.0971. The number of thiophene rings is 1. The van der Waals surface area contributed by atoms with Gasteiger partial charge in [0.2, 0.25) is 5.91 Å². The van der Waals surface area contributed by atoms with Crippen LogP contribution in [0.15, 0.2) is 35.7 Å². The standard InChI is InChI=1S/C19H23ClN2O3S/c1-24-18-7-6-14(20)10-17(18)21-19(23)13-22(11-15-4-2-8-25-15)12-16-5-3-9-26-16/h3,5-7,9-10,15H,2,4,8,11-13H2,1H3,(H,21,23)/t15-/m0/s1. The molecule has 1 N–H and O–H groups in total. The third kappa shape index (κ3) is 5.45. The fraction of sp³-hybridized carbons (Fsp3) is 0.421. The Morgan fingerprint density at radius 2 is 2.35 bits per heavy atom. The number of benzene rings is 1. The third-order valence-corrected chi connectivity index (χ3v) is 5.34. The average molecular weight is 395 g/mol. The Bertz CT molecular complexity index is 718. The molecule has 1 saturated heterocycles. The maximum atomic E-state index is 12.6. The number of ether oxygens (including phenoxy) is 2. The first-order chi connectivity index (χ1) is 12.6. The van der Waals surface area contributed by atoms with Crippen LogP contribution < -0.4 is 10.1 Å². The predicted octanol–water partition coefficient (Wildman–Crippen LogP) is 4.03. The van der Waals surface area contributed by atoms with Crippen molar-refractivity contribution in [2.45, 2.75) is 25.5 Å². The van der Waals surface area contributed by atoms with Crippen LogP contribution in [0.2, 0.25) is 5.02 Å². The number of amides is 1. The highest BCUT2D eigenvalue weighted by Gasteiger charge is 2.21. The van der Waals surface area contributed by atoms with E-state index in [1.807, 2.05) is 6.07 Å². The second-order valence-electron chi connectivity index (χ2n) is 6.28. The Morgan fingerprint density at radius 1 is 1.46 bits per heavy atom. The van der Waals surface area contributed by atoms with Crippen molar-refractivity contribution in [3.05, 3.63) is 45.6 Å². The van der Waals surface area contributed by atoms with Crippen LogP contribution in [0, 0.1) is 0 Å². The smallest absolute Gasteiger partial charge is 0.238 e. The second kappa shape index (κ2) is 9.37. The number of nitrogens with zero attached hydrogens (tertiary/aromatic N) is 1. The van der Waals surface area contributed by atoms with Gasteiger partial charge in [0, 0.05) is 29.6 Å². The number of nitrogens with one attached hydrogen (secondary N) is 1. The summed E-state index contributed by atoms with van der Waals surface area (Å²) >= 11 is 7.74. The molecule has 5 nitrogen and oxygen atoms in total. The van der Waals surface area contributed by atoms with Crippen LogP contribution in [0.3, 0.4) is 0 Å². The molecule has 1 aliphatic rings. The van der Waals surface area contributed by atoms with Gasteiger partial charge in [-0.15, -0.1) is 11.3 Å². The van der Waals surface area contributed by atoms with E-state index in [0.717, 1.165) is 32.5 Å². The molecule has 0 radical (unpaired) electrons. The molecular weight excluding hydrogens is 372 g/mol. The molecular formula is C19H23ClN2O3S. The van der Waals surface area contributed by atoms with E-state index in [1.165, 1.54) is 4.88 Å². The van der Waals surface area contributed by atoms with Crippen molar-refractivity contribution in [1.82, 2.24) is 4.90 Å². The van der Waals surface area contributed by atoms with Crippen molar-refractivity contribution in [2.24, 2.45) is 0 Å². The van der Waals surface area contributed by atoms with E-state index in [0.29, 0.717) is 16.5 Å². The molecule has 140 valence electrons. The van der Waals surface area contributed by atoms with Crippen molar-refractivity contribution < 1.29 is 14.3 Å². The molecule has 3 rings (SSSR count). The number of anilines is 1. The van der Waals surface area contributed by atoms with Crippen LogP contribution in [0.1, 0.15) is 17.7 Å². The average Bonchev–Trinajstić information content (AvgIpc) is 3.29. The van der Waals surface area contributed by atoms with Crippen molar-refractivity contribution in [1.29, 1.82) is 0 Å². The summed E-state index contributed by atoms with van der Waals surface area (Å²) in [7, 11) is 1.57. The highest BCUT2D eigenvalue weighted by Crippen LogP contribution is 2.27. The maximum Gasteiger partial charge on any atom is 0.238 e. The van der Waals surface area contributed by atoms with Gasteiger partial charge in [-0.2, -0.15) is 0 Å². The molecule has 26 heavy (non-hydrogen) atoms. The second-order valence-corrected chi connectivity index (χ2v) is 7.75. The normalized spacial score (nSPS) is 16.8. The number of hydrogen-bond donors (Lipinski definition) is 1. The van der Waals surface area contributed by atoms with Crippen molar-refractivity contribution >= 4 is 34.5 Å². The summed E-state index contributed by atoms with van der Waals surface area (Å²) in [5.74, 6) is 0.492. The van der Waals surface area contributed by atoms with Gasteiger partial charge >= 0.3 is 0 Å². The van der Waals surface area contributed by atoms with Crippen LogP contribution in [0.5, 0.6) is 5.75 Å². The molecule has 0 unspecified atom stereocenters. The van der Waals surface area contributed by atoms with E-state index >= 15 is 0 Å². The van der Waals surface area contributed by atoms with Gasteiger partial charge in [-0.25, -0.2) is 0 Å². The van der Waals surface area contributed by atoms with E-state index in [9.17, 15) is 4.79 Å². The predicted molar refractivity (Wildman–Crippen MR) is 105 cm³/mol. The number of halogens is 1. The van der Waals surface area contributed by atoms with Crippen LogP contribution in [0.4, 0.5) is 5.69 Å². The molecule has 0 spiro atoms. The van der Waals surface area contributed by atoms with Gasteiger partial charge in [-0.3, -0.25) is 9.69 Å². The number of rotatable bonds is 8. The lowest BCUT2D eigenvalue weighted by atomic mass is 10.2. The summed E-state index contributed by atoms with van der Waals surface area (Å²) in [5.41, 5.74) is 0.582. The van der Waals surface area contributed by atoms with Gasteiger partial charge in [-0.05, 0) is 42.5 Å². The van der Waals surface area contributed by atoms with Gasteiger partial charge in [0.25, 0.3) is 0 Å². The molecule has 2 aromatic rings. The molecule has 0 aliphatic carbocycles. The van der Waals surface area contributed by atoms with Crippen molar-refractivity contribution in [2.75, 3.05) is 32.1 Å². The molecule has 1 fully saturated rings. The van der Waals surface area contributed by atoms with E-state index in [2.05, 4.69) is 21.7 Å². The van der Waals surface area contributed by atoms with Gasteiger partial charge < -0.3 is 14.8 Å². The van der Waals surface area contributed by atoms with E-state index < -0.39 is 0 Å². The summed E-state index contributed by atoms with van der Waals surface area (Å²) in [6, 6.07) is 9.29. The van der Waals surface area contributed by atoms with Gasteiger partial charge in [0.1, 0.15) is 5.75 Å². The zero-order chi connectivity index (χ0) is 18.4. The number of carbonyl (C=O) groups is 1. The highest BCUT2D eigenvalue weighted by molar-refractivity contribution is 7.09. The summed E-state index contributed by atoms with van der Waals surface area (Å²) in [6.07, 6.45) is 2.33. The first kappa shape index (κ1) is 19.2. The minimum Gasteiger partial charge on any atom is -0.495 e. The lowest BCUT2D eigenvalue weighted by molar-refractivity contribution is -0.117. The molecule has 1 atom stereocenters. The molecule has 0 bridgehead atoms. The Hall–Kier alpha value is -1.60. The van der Waals surface area contributed by atoms with Gasteiger partial charge in [0.05, 0.1) is 25.4 Å². The Labute approximate surface area is 162 Å². The largest absolute Gasteiger partial charge is 0.495 e. The van der Waals surface area contributed by atoms with Crippen molar-refractivity contribution in [3.8, 4) is 5.75 Å². The van der Waals surface area contributed by atoms with Crippen LogP contribution in [-0.4, -0.2) is 43.7 Å². The SMILES string of the molecule is COc1ccc(Cl)cc1NC(=O)CN(Cc1cccs1)C[C@@H]1CCCO1. The highest BCUT2D eigenvalue weighted by atomic mass is 35.5. The maximum absolute atomic E-state index is 12.6. The lowest BCUT2D eigenvalue weighted by Crippen LogP contribution is -2.37. The fourth-order valence-corrected chi connectivity index (χ4v) is 3.97. The number of carbonyl (C=O) groups excluding carboxylic acids is 1. The number of methoxy groups -OCH3 is 1. The van der Waals surface area contributed by atoms with E-state index in [-0.39, 0.29) is 18.6 Å². The summed E-state index contributed by atoms with van der Waals surface area (Å²) in [6.45, 7) is 2.58. The molecule has 1 aliphatic heterocycles. The summed E-state index contributed by atoms with van der Waals surface area (Å²) < 4.78 is 11.0. The molecule has 0 saturated carbocycles. The quantitative estimate of drug-likeness (QED) is 0.734. The van der Waals surface area contributed by atoms with Crippen LogP contribution in [-0.2, 0) is 16.1 Å². The monoisotopic (exact) mass is 394 g/mol. The Balaban J connectivity index is 1.65. The fourth-order valence-electron chi connectivity index (χ4n) is 3.05. The molecule has 1 amide bonds. The number of hydrogen-bond acceptors (Lipinski definition) is 5. The Kier molecular flexibility index (Phi) is 6.91. The van der Waals surface area contributed by atoms with Crippen LogP contribution in [0.25, 0.3) is 0 Å². The third-order valence-electron chi connectivity index (χ3n) is 4.25. The molecule has 2 heterocycles. The van der Waals surface area contributed by atoms with Gasteiger partial charge in [-0.1, -0.05) is 17.7 Å². The van der Waals surface area contributed by atoms with Crippen molar-refractivity contribution in [3.63, 3.8) is 0 Å². The minimum absolute atomic E-state index is 0.0971. The van der Waals surface area contributed by atoms with E-state index in [1.54, 1.807) is 36.6 Å². The summed E-state index contributed by atoms with van der Waals surface area (Å²) in [4.78, 5) is 16.0. The lowest BCUT2D eigenvalue weighted by Gasteiger charge is -2.24. The zero-order valence-electron chi connectivity index (χ0n) is 14.7.